The molecule has 1 aromatic carbocycles. The lowest BCUT2D eigenvalue weighted by molar-refractivity contribution is -0.134. The van der Waals surface area contributed by atoms with Gasteiger partial charge in [0.2, 0.25) is 29.5 Å². The molecule has 0 aliphatic carbocycles. The highest BCUT2D eigenvalue weighted by Crippen LogP contribution is 2.15. The van der Waals surface area contributed by atoms with Crippen LogP contribution in [0, 0.1) is 23.7 Å². The molecule has 0 aromatic heterocycles. The molecule has 1 aliphatic rings. The Labute approximate surface area is 262 Å². The largest absolute Gasteiger partial charge is 0.399 e. The highest BCUT2D eigenvalue weighted by molar-refractivity contribution is 5.98. The number of benzene rings is 1. The van der Waals surface area contributed by atoms with Crippen LogP contribution in [0.2, 0.25) is 0 Å². The van der Waals surface area contributed by atoms with Crippen molar-refractivity contribution in [1.82, 2.24) is 26.6 Å². The molecule has 11 heteroatoms. The first-order valence-electron chi connectivity index (χ1n) is 15.9. The van der Waals surface area contributed by atoms with Crippen molar-refractivity contribution in [3.63, 3.8) is 0 Å². The van der Waals surface area contributed by atoms with Crippen molar-refractivity contribution in [1.29, 1.82) is 0 Å². The number of rotatable bonds is 10. The molecule has 1 saturated heterocycles. The highest BCUT2D eigenvalue weighted by Gasteiger charge is 2.35. The normalized spacial score (nSPS) is 24.4. The first kappa shape index (κ1) is 36.6. The number of hydrogen-bond donors (Lipinski definition) is 6. The number of nitrogen functional groups attached to an aromatic ring is 1. The van der Waals surface area contributed by atoms with E-state index in [0.29, 0.717) is 31.4 Å². The molecule has 1 heterocycles. The van der Waals surface area contributed by atoms with E-state index < -0.39 is 59.7 Å². The molecule has 1 aromatic rings. The van der Waals surface area contributed by atoms with Crippen molar-refractivity contribution in [2.45, 2.75) is 118 Å². The van der Waals surface area contributed by atoms with Gasteiger partial charge in [0.05, 0.1) is 0 Å². The second-order valence-corrected chi connectivity index (χ2v) is 13.8. The first-order chi connectivity index (χ1) is 20.5. The first-order valence-corrected chi connectivity index (χ1v) is 15.9. The molecule has 0 radical (unpaired) electrons. The van der Waals surface area contributed by atoms with Crippen LogP contribution in [-0.2, 0) is 30.4 Å². The third kappa shape index (κ3) is 12.2. The van der Waals surface area contributed by atoms with E-state index in [-0.39, 0.29) is 30.1 Å². The fourth-order valence-electron chi connectivity index (χ4n) is 5.27. The van der Waals surface area contributed by atoms with E-state index in [1.54, 1.807) is 24.3 Å². The molecule has 0 bridgehead atoms. The second-order valence-electron chi connectivity index (χ2n) is 13.8. The molecule has 246 valence electrons. The summed E-state index contributed by atoms with van der Waals surface area (Å²) in [6.07, 6.45) is 1.46. The van der Waals surface area contributed by atoms with E-state index in [1.807, 2.05) is 55.4 Å². The lowest BCUT2D eigenvalue weighted by Crippen LogP contribution is -2.58. The smallest absolute Gasteiger partial charge is 0.243 e. The minimum absolute atomic E-state index is 0.0447. The Morgan fingerprint density at radius 3 is 1.00 bits per heavy atom. The fraction of sp³-hybridized carbons (Fsp3) is 0.667. The number of anilines is 1. The van der Waals surface area contributed by atoms with E-state index >= 15 is 0 Å². The maximum Gasteiger partial charge on any atom is 0.243 e. The summed E-state index contributed by atoms with van der Waals surface area (Å²) in [4.78, 5) is 68.4. The van der Waals surface area contributed by atoms with Crippen molar-refractivity contribution >= 4 is 35.2 Å². The van der Waals surface area contributed by atoms with Crippen molar-refractivity contribution in [2.75, 3.05) is 5.73 Å². The molecule has 1 fully saturated rings. The Hall–Kier alpha value is -3.63. The lowest BCUT2D eigenvalue weighted by atomic mass is 9.98. The summed E-state index contributed by atoms with van der Waals surface area (Å²) in [6, 6.07) is 2.22. The minimum Gasteiger partial charge on any atom is -0.399 e. The quantitative estimate of drug-likeness (QED) is 0.221. The van der Waals surface area contributed by atoms with E-state index in [1.165, 1.54) is 0 Å². The molecule has 1 aliphatic heterocycles. The number of nitrogens with one attached hydrogen (secondary N) is 5. The fourth-order valence-corrected chi connectivity index (χ4v) is 5.27. The third-order valence-corrected chi connectivity index (χ3v) is 7.41. The van der Waals surface area contributed by atoms with Crippen LogP contribution in [0.1, 0.15) is 86.6 Å². The standard InChI is InChI=1S/C33H54N6O5/c1-18(2)13-24-29(40)35-25(14-19(3)4)30(41)37-27(16-21(7)8)32(43)39-28(17-22-9-11-23(34)12-10-22)33(44)38-26(15-20(5)6)31(42)36-24/h9-12,18-21,24-28H,13-17,34H2,1-8H3,(H,35,40)(H,36,42)(H,37,41)(H,38,44)(H,39,43)/t24-,25+,26+,27-,28+/m0/s1. The van der Waals surface area contributed by atoms with Gasteiger partial charge in [-0.15, -0.1) is 0 Å². The van der Waals surface area contributed by atoms with Gasteiger partial charge in [-0.25, -0.2) is 0 Å². The van der Waals surface area contributed by atoms with Crippen molar-refractivity contribution in [3.8, 4) is 0 Å². The van der Waals surface area contributed by atoms with Crippen molar-refractivity contribution < 1.29 is 24.0 Å². The molecule has 5 atom stereocenters. The highest BCUT2D eigenvalue weighted by atomic mass is 16.2. The lowest BCUT2D eigenvalue weighted by Gasteiger charge is -2.27. The van der Waals surface area contributed by atoms with Gasteiger partial charge >= 0.3 is 0 Å². The van der Waals surface area contributed by atoms with Crippen molar-refractivity contribution in [2.24, 2.45) is 23.7 Å². The second kappa shape index (κ2) is 17.0. The van der Waals surface area contributed by atoms with E-state index in [0.717, 1.165) is 5.56 Å². The van der Waals surface area contributed by atoms with E-state index in [4.69, 9.17) is 5.73 Å². The molecular formula is C33H54N6O5. The zero-order chi connectivity index (χ0) is 33.1. The SMILES string of the molecule is CC(C)C[C@@H]1NC(=O)[C@@H](CC(C)C)NC(=O)[C@H](CC(C)C)NC(=O)[C@@H](CC(C)C)NC(=O)[C@@H](Cc2ccc(N)cc2)NC1=O. The Morgan fingerprint density at radius 1 is 0.477 bits per heavy atom. The van der Waals surface area contributed by atoms with Crippen LogP contribution in [0.5, 0.6) is 0 Å². The number of hydrogen-bond acceptors (Lipinski definition) is 6. The van der Waals surface area contributed by atoms with Gasteiger partial charge < -0.3 is 32.3 Å². The van der Waals surface area contributed by atoms with Gasteiger partial charge in [0.25, 0.3) is 0 Å². The third-order valence-electron chi connectivity index (χ3n) is 7.41. The van der Waals surface area contributed by atoms with Crippen LogP contribution in [0.4, 0.5) is 5.69 Å². The molecule has 44 heavy (non-hydrogen) atoms. The van der Waals surface area contributed by atoms with Gasteiger partial charge in [0.1, 0.15) is 30.2 Å². The Balaban J connectivity index is 2.61. The summed E-state index contributed by atoms with van der Waals surface area (Å²) < 4.78 is 0. The predicted octanol–water partition coefficient (Wildman–Crippen LogP) is 2.43. The summed E-state index contributed by atoms with van der Waals surface area (Å²) in [6.45, 7) is 15.5. The summed E-state index contributed by atoms with van der Waals surface area (Å²) in [5.74, 6) is -2.32. The molecule has 0 spiro atoms. The van der Waals surface area contributed by atoms with E-state index in [9.17, 15) is 24.0 Å². The Morgan fingerprint density at radius 2 is 0.727 bits per heavy atom. The summed E-state index contributed by atoms with van der Waals surface area (Å²) in [5, 5.41) is 14.2. The predicted molar refractivity (Wildman–Crippen MR) is 172 cm³/mol. The van der Waals surface area contributed by atoms with Crippen molar-refractivity contribution in [3.05, 3.63) is 29.8 Å². The average Bonchev–Trinajstić information content (AvgIpc) is 2.90. The molecule has 0 unspecified atom stereocenters. The monoisotopic (exact) mass is 614 g/mol. The maximum atomic E-state index is 13.8. The molecule has 5 amide bonds. The number of nitrogens with two attached hydrogens (primary N) is 1. The molecular weight excluding hydrogens is 560 g/mol. The van der Waals surface area contributed by atoms with Gasteiger partial charge in [-0.3, -0.25) is 24.0 Å². The number of carbonyl (C=O) groups excluding carboxylic acids is 5. The van der Waals surface area contributed by atoms with Gasteiger partial charge in [0.15, 0.2) is 0 Å². The van der Waals surface area contributed by atoms with Crippen LogP contribution in [0.3, 0.4) is 0 Å². The Kier molecular flexibility index (Phi) is 14.1. The summed E-state index contributed by atoms with van der Waals surface area (Å²) >= 11 is 0. The topological polar surface area (TPSA) is 172 Å². The van der Waals surface area contributed by atoms with E-state index in [2.05, 4.69) is 26.6 Å². The maximum absolute atomic E-state index is 13.8. The molecule has 11 nitrogen and oxygen atoms in total. The zero-order valence-electron chi connectivity index (χ0n) is 27.7. The number of amides is 5. The molecule has 7 N–H and O–H groups in total. The van der Waals surface area contributed by atoms with Crippen LogP contribution in [0.15, 0.2) is 24.3 Å². The minimum atomic E-state index is -1.04. The summed E-state index contributed by atoms with van der Waals surface area (Å²) in [7, 11) is 0. The van der Waals surface area contributed by atoms with Gasteiger partial charge in [-0.05, 0) is 67.1 Å². The average molecular weight is 615 g/mol. The van der Waals surface area contributed by atoms with Gasteiger partial charge in [0, 0.05) is 12.1 Å². The Bertz CT molecular complexity index is 1120. The van der Waals surface area contributed by atoms with Crippen LogP contribution in [0.25, 0.3) is 0 Å². The summed E-state index contributed by atoms with van der Waals surface area (Å²) in [5.41, 5.74) is 7.17. The van der Waals surface area contributed by atoms with Crippen LogP contribution >= 0.6 is 0 Å². The number of carbonyl (C=O) groups is 5. The molecule has 2 rings (SSSR count). The van der Waals surface area contributed by atoms with Gasteiger partial charge in [-0.1, -0.05) is 67.5 Å². The van der Waals surface area contributed by atoms with Crippen LogP contribution < -0.4 is 32.3 Å². The van der Waals surface area contributed by atoms with Gasteiger partial charge in [-0.2, -0.15) is 0 Å². The zero-order valence-corrected chi connectivity index (χ0v) is 27.7. The van der Waals surface area contributed by atoms with Crippen LogP contribution in [-0.4, -0.2) is 59.7 Å². The molecule has 0 saturated carbocycles.